The lowest BCUT2D eigenvalue weighted by atomic mass is 9.87. The smallest absolute Gasteiger partial charge is 0.282 e. The zero-order chi connectivity index (χ0) is 21.1. The number of quaternary nitrogens is 1. The van der Waals surface area contributed by atoms with E-state index in [0.29, 0.717) is 5.69 Å². The fraction of sp³-hybridized carbons (Fsp3) is 0.381. The first kappa shape index (κ1) is 22.1. The van der Waals surface area contributed by atoms with Crippen molar-refractivity contribution in [2.24, 2.45) is 5.14 Å². The number of nitrogens with one attached hydrogen (secondary N) is 2. The zero-order valence-electron chi connectivity index (χ0n) is 17.1. The van der Waals surface area contributed by atoms with Gasteiger partial charge in [-0.1, -0.05) is 45.0 Å². The van der Waals surface area contributed by atoms with E-state index in [1.807, 2.05) is 14.0 Å². The Morgan fingerprint density at radius 1 is 1.07 bits per heavy atom. The second-order valence-electron chi connectivity index (χ2n) is 8.25. The number of nitrogens with two attached hydrogens (primary N) is 1. The lowest BCUT2D eigenvalue weighted by Gasteiger charge is -2.22. The summed E-state index contributed by atoms with van der Waals surface area (Å²) in [4.78, 5) is 13.6. The van der Waals surface area contributed by atoms with Gasteiger partial charge >= 0.3 is 0 Å². The van der Waals surface area contributed by atoms with Crippen molar-refractivity contribution in [1.82, 2.24) is 0 Å². The number of anilines is 1. The second kappa shape index (κ2) is 8.43. The summed E-state index contributed by atoms with van der Waals surface area (Å²) in [5.41, 5.74) is 3.10. The van der Waals surface area contributed by atoms with Gasteiger partial charge in [0.15, 0.2) is 6.04 Å². The molecule has 0 bridgehead atoms. The highest BCUT2D eigenvalue weighted by molar-refractivity contribution is 7.89. The molecule has 0 saturated carbocycles. The molecule has 152 valence electrons. The van der Waals surface area contributed by atoms with E-state index in [9.17, 15) is 13.2 Å². The summed E-state index contributed by atoms with van der Waals surface area (Å²) >= 11 is 0. The highest BCUT2D eigenvalue weighted by Gasteiger charge is 2.22. The first-order valence-corrected chi connectivity index (χ1v) is 10.8. The maximum atomic E-state index is 12.5. The van der Waals surface area contributed by atoms with Crippen LogP contribution in [-0.2, 0) is 26.8 Å². The molecule has 0 fully saturated rings. The minimum absolute atomic E-state index is 0.0139. The maximum Gasteiger partial charge on any atom is 0.282 e. The maximum absolute atomic E-state index is 12.5. The molecule has 6 nitrogen and oxygen atoms in total. The van der Waals surface area contributed by atoms with Gasteiger partial charge in [-0.15, -0.1) is 0 Å². The number of hydrogen-bond acceptors (Lipinski definition) is 3. The van der Waals surface area contributed by atoms with Gasteiger partial charge in [-0.2, -0.15) is 0 Å². The monoisotopic (exact) mass is 404 g/mol. The van der Waals surface area contributed by atoms with Crippen LogP contribution < -0.4 is 15.4 Å². The van der Waals surface area contributed by atoms with Gasteiger partial charge in [0.2, 0.25) is 10.0 Å². The molecule has 0 aliphatic rings. The predicted octanol–water partition coefficient (Wildman–Crippen LogP) is 1.67. The highest BCUT2D eigenvalue weighted by atomic mass is 32.2. The van der Waals surface area contributed by atoms with Crippen molar-refractivity contribution >= 4 is 21.6 Å². The lowest BCUT2D eigenvalue weighted by molar-refractivity contribution is -0.907. The molecule has 2 atom stereocenters. The number of likely N-dealkylation sites (N-methyl/N-ethyl adjacent to an activating group) is 1. The molecule has 0 radical (unpaired) electrons. The van der Waals surface area contributed by atoms with Crippen molar-refractivity contribution < 1.29 is 18.1 Å². The van der Waals surface area contributed by atoms with E-state index in [1.54, 1.807) is 0 Å². The van der Waals surface area contributed by atoms with Crippen LogP contribution in [0.1, 0.15) is 38.8 Å². The zero-order valence-corrected chi connectivity index (χ0v) is 17.9. The quantitative estimate of drug-likeness (QED) is 0.684. The minimum atomic E-state index is -3.74. The summed E-state index contributed by atoms with van der Waals surface area (Å²) in [6.07, 6.45) is 0. The molecule has 0 saturated heterocycles. The number of primary sulfonamides is 1. The third kappa shape index (κ3) is 5.89. The van der Waals surface area contributed by atoms with Gasteiger partial charge in [0.1, 0.15) is 6.54 Å². The van der Waals surface area contributed by atoms with Crippen molar-refractivity contribution in [1.29, 1.82) is 0 Å². The lowest BCUT2D eigenvalue weighted by Crippen LogP contribution is -3.12. The van der Waals surface area contributed by atoms with Crippen LogP contribution >= 0.6 is 0 Å². The van der Waals surface area contributed by atoms with Gasteiger partial charge in [-0.3, -0.25) is 4.79 Å². The molecule has 2 aromatic rings. The molecule has 4 N–H and O–H groups in total. The van der Waals surface area contributed by atoms with E-state index in [-0.39, 0.29) is 22.3 Å². The summed E-state index contributed by atoms with van der Waals surface area (Å²) in [7, 11) is -1.76. The summed E-state index contributed by atoms with van der Waals surface area (Å²) < 4.78 is 22.6. The van der Waals surface area contributed by atoms with Crippen LogP contribution in [0.4, 0.5) is 5.69 Å². The van der Waals surface area contributed by atoms with Crippen molar-refractivity contribution in [3.8, 4) is 0 Å². The largest absolute Gasteiger partial charge is 0.324 e. The van der Waals surface area contributed by atoms with Crippen LogP contribution in [0.2, 0.25) is 0 Å². The fourth-order valence-electron chi connectivity index (χ4n) is 2.80. The van der Waals surface area contributed by atoms with Crippen LogP contribution in [0, 0.1) is 0 Å². The van der Waals surface area contributed by atoms with Crippen LogP contribution in [0.25, 0.3) is 0 Å². The van der Waals surface area contributed by atoms with E-state index in [2.05, 4.69) is 50.4 Å². The molecule has 7 heteroatoms. The standard InChI is InChI=1S/C21H29N3O3S/c1-15(20(25)23-18-10-12-19(13-11-18)28(22,26)27)24(5)14-16-6-8-17(9-7-16)21(2,3)4/h6-13,15H,14H2,1-5H3,(H,23,25)(H2,22,26,27)/p+1/t15-/m1/s1. The number of rotatable bonds is 6. The van der Waals surface area contributed by atoms with Crippen molar-refractivity contribution in [2.75, 3.05) is 12.4 Å². The average Bonchev–Trinajstić information content (AvgIpc) is 2.60. The van der Waals surface area contributed by atoms with Crippen LogP contribution in [-0.4, -0.2) is 27.4 Å². The summed E-state index contributed by atoms with van der Waals surface area (Å²) in [5.74, 6) is -0.132. The Balaban J connectivity index is 1.98. The number of amides is 1. The summed E-state index contributed by atoms with van der Waals surface area (Å²) in [6, 6.07) is 14.0. The molecule has 0 aromatic heterocycles. The molecule has 0 aliphatic carbocycles. The Bertz CT molecular complexity index is 915. The Kier molecular flexibility index (Phi) is 6.64. The van der Waals surface area contributed by atoms with Gasteiger partial charge in [0.05, 0.1) is 11.9 Å². The average molecular weight is 405 g/mol. The van der Waals surface area contributed by atoms with Crippen LogP contribution in [0.5, 0.6) is 0 Å². The third-order valence-electron chi connectivity index (χ3n) is 4.89. The van der Waals surface area contributed by atoms with Gasteiger partial charge in [0, 0.05) is 11.3 Å². The van der Waals surface area contributed by atoms with E-state index >= 15 is 0 Å². The van der Waals surface area contributed by atoms with Gasteiger partial charge in [0.25, 0.3) is 5.91 Å². The normalized spacial score (nSPS) is 14.4. The van der Waals surface area contributed by atoms with Crippen molar-refractivity contribution in [3.05, 3.63) is 59.7 Å². The predicted molar refractivity (Wildman–Crippen MR) is 112 cm³/mol. The molecular weight excluding hydrogens is 374 g/mol. The van der Waals surface area contributed by atoms with E-state index in [4.69, 9.17) is 5.14 Å². The van der Waals surface area contributed by atoms with E-state index in [1.165, 1.54) is 35.4 Å². The topological polar surface area (TPSA) is 93.7 Å². The molecule has 2 aromatic carbocycles. The minimum Gasteiger partial charge on any atom is -0.324 e. The van der Waals surface area contributed by atoms with E-state index in [0.717, 1.165) is 11.4 Å². The molecule has 2 rings (SSSR count). The molecule has 1 unspecified atom stereocenters. The first-order chi connectivity index (χ1) is 12.9. The van der Waals surface area contributed by atoms with Gasteiger partial charge in [-0.25, -0.2) is 13.6 Å². The Morgan fingerprint density at radius 3 is 2.07 bits per heavy atom. The molecule has 0 heterocycles. The number of carbonyl (C=O) groups is 1. The fourth-order valence-corrected chi connectivity index (χ4v) is 3.32. The van der Waals surface area contributed by atoms with Crippen LogP contribution in [0.3, 0.4) is 0 Å². The van der Waals surface area contributed by atoms with Crippen molar-refractivity contribution in [2.45, 2.75) is 50.6 Å². The number of carbonyl (C=O) groups excluding carboxylic acids is 1. The summed E-state index contributed by atoms with van der Waals surface area (Å²) in [5, 5.41) is 7.90. The Hall–Kier alpha value is -2.22. The summed E-state index contributed by atoms with van der Waals surface area (Å²) in [6.45, 7) is 9.14. The number of benzene rings is 2. The Morgan fingerprint density at radius 2 is 1.61 bits per heavy atom. The van der Waals surface area contributed by atoms with Gasteiger partial charge < -0.3 is 10.2 Å². The van der Waals surface area contributed by atoms with E-state index < -0.39 is 10.0 Å². The molecule has 28 heavy (non-hydrogen) atoms. The molecular formula is C21H30N3O3S+. The third-order valence-corrected chi connectivity index (χ3v) is 5.82. The molecule has 0 aliphatic heterocycles. The van der Waals surface area contributed by atoms with Gasteiger partial charge in [-0.05, 0) is 42.2 Å². The number of sulfonamides is 1. The Labute approximate surface area is 167 Å². The molecule has 0 spiro atoms. The van der Waals surface area contributed by atoms with Crippen molar-refractivity contribution in [3.63, 3.8) is 0 Å². The second-order valence-corrected chi connectivity index (χ2v) is 9.81. The van der Waals surface area contributed by atoms with Crippen LogP contribution in [0.15, 0.2) is 53.4 Å². The highest BCUT2D eigenvalue weighted by Crippen LogP contribution is 2.22. The first-order valence-electron chi connectivity index (χ1n) is 9.23. The molecule has 1 amide bonds. The number of hydrogen-bond donors (Lipinski definition) is 3. The SMILES string of the molecule is C[C@H](C(=O)Nc1ccc(S(N)(=O)=O)cc1)[NH+](C)Cc1ccc(C(C)(C)C)cc1.